The fourth-order valence-electron chi connectivity index (χ4n) is 2.26. The fourth-order valence-corrected chi connectivity index (χ4v) is 3.43. The van der Waals surface area contributed by atoms with Gasteiger partial charge in [-0.25, -0.2) is 0 Å². The molecule has 1 heterocycles. The van der Waals surface area contributed by atoms with Gasteiger partial charge in [-0.1, -0.05) is 31.2 Å². The van der Waals surface area contributed by atoms with E-state index in [-0.39, 0.29) is 0 Å². The van der Waals surface area contributed by atoms with Gasteiger partial charge in [-0.2, -0.15) is 11.8 Å². The van der Waals surface area contributed by atoms with Crippen LogP contribution >= 0.6 is 11.8 Å². The first-order chi connectivity index (χ1) is 7.26. The molecule has 82 valence electrons. The van der Waals surface area contributed by atoms with Gasteiger partial charge in [-0.3, -0.25) is 0 Å². The Morgan fingerprint density at radius 3 is 2.60 bits per heavy atom. The summed E-state index contributed by atoms with van der Waals surface area (Å²) in [5.41, 5.74) is 1.90. The van der Waals surface area contributed by atoms with Crippen molar-refractivity contribution in [1.29, 1.82) is 0 Å². The van der Waals surface area contributed by atoms with E-state index in [1.165, 1.54) is 5.56 Å². The van der Waals surface area contributed by atoms with Gasteiger partial charge < -0.3 is 5.11 Å². The lowest BCUT2D eigenvalue weighted by molar-refractivity contribution is 0.0272. The van der Waals surface area contributed by atoms with E-state index >= 15 is 0 Å². The lowest BCUT2D eigenvalue weighted by Gasteiger charge is -2.33. The molecule has 2 heteroatoms. The van der Waals surface area contributed by atoms with Gasteiger partial charge in [0.05, 0.1) is 5.60 Å². The van der Waals surface area contributed by atoms with Crippen LogP contribution in [0.25, 0.3) is 0 Å². The predicted molar refractivity (Wildman–Crippen MR) is 66.3 cm³/mol. The van der Waals surface area contributed by atoms with Gasteiger partial charge in [0.1, 0.15) is 0 Å². The van der Waals surface area contributed by atoms with E-state index in [4.69, 9.17) is 0 Å². The van der Waals surface area contributed by atoms with Crippen molar-refractivity contribution in [3.8, 4) is 0 Å². The molecule has 1 fully saturated rings. The number of hydrogen-bond acceptors (Lipinski definition) is 2. The Morgan fingerprint density at radius 1 is 1.27 bits per heavy atom. The average molecular weight is 222 g/mol. The normalized spacial score (nSPS) is 20.1. The van der Waals surface area contributed by atoms with Crippen LogP contribution in [-0.2, 0) is 12.0 Å². The molecule has 0 bridgehead atoms. The summed E-state index contributed by atoms with van der Waals surface area (Å²) in [6.07, 6.45) is 2.80. The third kappa shape index (κ3) is 2.21. The average Bonchev–Trinajstić information content (AvgIpc) is 2.30. The van der Waals surface area contributed by atoms with Gasteiger partial charge in [0.2, 0.25) is 0 Å². The molecular formula is C13H18OS. The maximum Gasteiger partial charge on any atom is 0.0914 e. The molecule has 1 saturated heterocycles. The molecule has 1 nitrogen and oxygen atoms in total. The SMILES string of the molecule is CCc1ccccc1C1(O)CCSCC1. The number of benzene rings is 1. The Kier molecular flexibility index (Phi) is 3.37. The van der Waals surface area contributed by atoms with Crippen LogP contribution in [0.5, 0.6) is 0 Å². The molecule has 0 spiro atoms. The zero-order valence-corrected chi connectivity index (χ0v) is 10.0. The summed E-state index contributed by atoms with van der Waals surface area (Å²) in [7, 11) is 0. The zero-order valence-electron chi connectivity index (χ0n) is 9.20. The van der Waals surface area contributed by atoms with Gasteiger partial charge >= 0.3 is 0 Å². The van der Waals surface area contributed by atoms with E-state index in [2.05, 4.69) is 25.1 Å². The number of aryl methyl sites for hydroxylation is 1. The monoisotopic (exact) mass is 222 g/mol. The van der Waals surface area contributed by atoms with Crippen molar-refractivity contribution < 1.29 is 5.11 Å². The summed E-state index contributed by atoms with van der Waals surface area (Å²) in [6, 6.07) is 8.32. The molecule has 15 heavy (non-hydrogen) atoms. The highest BCUT2D eigenvalue weighted by molar-refractivity contribution is 7.99. The van der Waals surface area contributed by atoms with E-state index in [1.807, 2.05) is 17.8 Å². The van der Waals surface area contributed by atoms with Crippen LogP contribution < -0.4 is 0 Å². The Morgan fingerprint density at radius 2 is 1.93 bits per heavy atom. The van der Waals surface area contributed by atoms with Crippen molar-refractivity contribution in [1.82, 2.24) is 0 Å². The van der Waals surface area contributed by atoms with E-state index < -0.39 is 5.60 Å². The Labute approximate surface area is 95.9 Å². The van der Waals surface area contributed by atoms with E-state index in [0.29, 0.717) is 0 Å². The molecule has 1 N–H and O–H groups in total. The predicted octanol–water partition coefficient (Wildman–Crippen LogP) is 2.96. The summed E-state index contributed by atoms with van der Waals surface area (Å²) in [4.78, 5) is 0. The summed E-state index contributed by atoms with van der Waals surface area (Å²) < 4.78 is 0. The molecular weight excluding hydrogens is 204 g/mol. The minimum atomic E-state index is -0.558. The van der Waals surface area contributed by atoms with Crippen LogP contribution in [0.2, 0.25) is 0 Å². The number of hydrogen-bond donors (Lipinski definition) is 1. The third-order valence-electron chi connectivity index (χ3n) is 3.22. The fraction of sp³-hybridized carbons (Fsp3) is 0.538. The lowest BCUT2D eigenvalue weighted by Crippen LogP contribution is -2.31. The van der Waals surface area contributed by atoms with E-state index in [9.17, 15) is 5.11 Å². The van der Waals surface area contributed by atoms with E-state index in [0.717, 1.165) is 36.3 Å². The maximum atomic E-state index is 10.6. The second-order valence-electron chi connectivity index (χ2n) is 4.15. The van der Waals surface area contributed by atoms with E-state index in [1.54, 1.807) is 0 Å². The molecule has 2 rings (SSSR count). The van der Waals surface area contributed by atoms with Gasteiger partial charge in [0, 0.05) is 0 Å². The first-order valence-electron chi connectivity index (χ1n) is 5.65. The smallest absolute Gasteiger partial charge is 0.0914 e. The van der Waals surface area contributed by atoms with Crippen LogP contribution in [0, 0.1) is 0 Å². The second kappa shape index (κ2) is 4.58. The zero-order chi connectivity index (χ0) is 10.7. The van der Waals surface area contributed by atoms with Crippen LogP contribution in [-0.4, -0.2) is 16.6 Å². The first kappa shape index (κ1) is 11.0. The van der Waals surface area contributed by atoms with Gasteiger partial charge in [0.25, 0.3) is 0 Å². The Hall–Kier alpha value is -0.470. The number of thioether (sulfide) groups is 1. The van der Waals surface area contributed by atoms with Crippen molar-refractivity contribution in [2.45, 2.75) is 31.8 Å². The summed E-state index contributed by atoms with van der Waals surface area (Å²) in [6.45, 7) is 2.15. The molecule has 1 aromatic carbocycles. The minimum Gasteiger partial charge on any atom is -0.385 e. The molecule has 1 aliphatic rings. The minimum absolute atomic E-state index is 0.558. The summed E-state index contributed by atoms with van der Waals surface area (Å²) in [5, 5.41) is 10.6. The van der Waals surface area contributed by atoms with Crippen molar-refractivity contribution in [3.63, 3.8) is 0 Å². The standard InChI is InChI=1S/C13H18OS/c1-2-11-5-3-4-6-12(11)13(14)7-9-15-10-8-13/h3-6,14H,2,7-10H2,1H3. The van der Waals surface area contributed by atoms with Crippen LogP contribution in [0.1, 0.15) is 30.9 Å². The molecule has 0 saturated carbocycles. The molecule has 0 atom stereocenters. The van der Waals surface area contributed by atoms with Crippen LogP contribution in [0.15, 0.2) is 24.3 Å². The molecule has 0 radical (unpaired) electrons. The molecule has 0 aliphatic carbocycles. The molecule has 1 aromatic rings. The van der Waals surface area contributed by atoms with Gasteiger partial charge in [0.15, 0.2) is 0 Å². The van der Waals surface area contributed by atoms with Crippen LogP contribution in [0.3, 0.4) is 0 Å². The number of rotatable bonds is 2. The van der Waals surface area contributed by atoms with Crippen LogP contribution in [0.4, 0.5) is 0 Å². The molecule has 0 aromatic heterocycles. The Bertz CT molecular complexity index is 329. The summed E-state index contributed by atoms with van der Waals surface area (Å²) in [5.74, 6) is 2.16. The lowest BCUT2D eigenvalue weighted by atomic mass is 9.84. The highest BCUT2D eigenvalue weighted by Gasteiger charge is 2.32. The first-order valence-corrected chi connectivity index (χ1v) is 6.80. The number of aliphatic hydroxyl groups is 1. The largest absolute Gasteiger partial charge is 0.385 e. The van der Waals surface area contributed by atoms with Crippen molar-refractivity contribution in [2.24, 2.45) is 0 Å². The topological polar surface area (TPSA) is 20.2 Å². The van der Waals surface area contributed by atoms with Gasteiger partial charge in [-0.05, 0) is 41.9 Å². The van der Waals surface area contributed by atoms with Gasteiger partial charge in [-0.15, -0.1) is 0 Å². The second-order valence-corrected chi connectivity index (χ2v) is 5.38. The quantitative estimate of drug-likeness (QED) is 0.830. The Balaban J connectivity index is 2.34. The highest BCUT2D eigenvalue weighted by atomic mass is 32.2. The van der Waals surface area contributed by atoms with Crippen molar-refractivity contribution in [2.75, 3.05) is 11.5 Å². The molecule has 1 aliphatic heterocycles. The highest BCUT2D eigenvalue weighted by Crippen LogP contribution is 2.37. The maximum absolute atomic E-state index is 10.6. The molecule has 0 amide bonds. The van der Waals surface area contributed by atoms with Crippen molar-refractivity contribution in [3.05, 3.63) is 35.4 Å². The third-order valence-corrected chi connectivity index (χ3v) is 4.21. The summed E-state index contributed by atoms with van der Waals surface area (Å²) >= 11 is 1.95. The van der Waals surface area contributed by atoms with Crippen molar-refractivity contribution >= 4 is 11.8 Å². The molecule has 0 unspecified atom stereocenters.